The lowest BCUT2D eigenvalue weighted by Gasteiger charge is -2.38. The maximum Gasteiger partial charge on any atom is 0.123 e. The number of H-pyrrole nitrogens is 1. The van der Waals surface area contributed by atoms with Gasteiger partial charge in [-0.3, -0.25) is 4.90 Å². The molecule has 2 N–H and O–H groups in total. The Balaban J connectivity index is 1.63. The predicted molar refractivity (Wildman–Crippen MR) is 85.5 cm³/mol. The molecule has 118 valence electrons. The van der Waals surface area contributed by atoms with Gasteiger partial charge in [-0.25, -0.2) is 0 Å². The average molecular weight is 300 g/mol. The van der Waals surface area contributed by atoms with Gasteiger partial charge in [-0.1, -0.05) is 31.2 Å². The van der Waals surface area contributed by atoms with Crippen LogP contribution in [-0.2, 0) is 18.4 Å². The topological polar surface area (TPSA) is 65.0 Å². The van der Waals surface area contributed by atoms with Crippen molar-refractivity contribution in [1.29, 1.82) is 0 Å². The van der Waals surface area contributed by atoms with E-state index in [1.807, 2.05) is 0 Å². The second-order valence-corrected chi connectivity index (χ2v) is 6.14. The molecule has 3 rings (SSSR count). The summed E-state index contributed by atoms with van der Waals surface area (Å²) in [5, 5.41) is 21.3. The van der Waals surface area contributed by atoms with Crippen molar-refractivity contribution >= 4 is 0 Å². The van der Waals surface area contributed by atoms with Gasteiger partial charge in [0.15, 0.2) is 0 Å². The summed E-state index contributed by atoms with van der Waals surface area (Å²) in [6.07, 6.45) is 5.47. The number of rotatable bonds is 5. The van der Waals surface area contributed by atoms with Gasteiger partial charge in [-0.15, -0.1) is 0 Å². The average Bonchev–Trinajstić information content (AvgIpc) is 3.09. The number of β-amino-alcohol motifs (C(OH)–C–C–N with tert-alkyl or cyclic N) is 1. The molecule has 2 aromatic rings. The van der Waals surface area contributed by atoms with Crippen LogP contribution in [-0.4, -0.2) is 45.1 Å². The van der Waals surface area contributed by atoms with E-state index in [0.29, 0.717) is 12.2 Å². The van der Waals surface area contributed by atoms with Gasteiger partial charge >= 0.3 is 0 Å². The van der Waals surface area contributed by atoms with Crippen molar-refractivity contribution < 1.29 is 5.11 Å². The summed E-state index contributed by atoms with van der Waals surface area (Å²) in [5.74, 6) is 0. The van der Waals surface area contributed by atoms with Gasteiger partial charge in [-0.2, -0.15) is 15.4 Å². The number of hydrogen-bond donors (Lipinski definition) is 2. The van der Waals surface area contributed by atoms with E-state index >= 15 is 0 Å². The Morgan fingerprint density at radius 2 is 2.14 bits per heavy atom. The molecular weight excluding hydrogens is 276 g/mol. The summed E-state index contributed by atoms with van der Waals surface area (Å²) >= 11 is 0. The Bertz CT molecular complexity index is 598. The third kappa shape index (κ3) is 3.20. The molecule has 2 heterocycles. The zero-order chi connectivity index (χ0) is 15.4. The van der Waals surface area contributed by atoms with Gasteiger partial charge in [-0.05, 0) is 43.4 Å². The summed E-state index contributed by atoms with van der Waals surface area (Å²) in [6.45, 7) is 4.84. The Morgan fingerprint density at radius 3 is 2.86 bits per heavy atom. The van der Waals surface area contributed by atoms with Crippen molar-refractivity contribution in [2.24, 2.45) is 0 Å². The zero-order valence-corrected chi connectivity index (χ0v) is 13.1. The second kappa shape index (κ2) is 6.58. The fourth-order valence-corrected chi connectivity index (χ4v) is 3.37. The van der Waals surface area contributed by atoms with Gasteiger partial charge in [0.25, 0.3) is 0 Å². The van der Waals surface area contributed by atoms with Crippen LogP contribution in [0.2, 0.25) is 0 Å². The standard InChI is InChI=1S/C17H24N4O/c1-2-14-6-3-4-7-15(14)8-11-21-10-5-9-17(22,13-21)16-12-18-20-19-16/h3-4,6-7,12,22H,2,5,8-11,13H2,1H3,(H,18,19,20)/t17-/m1/s1. The fourth-order valence-electron chi connectivity index (χ4n) is 3.37. The van der Waals surface area contributed by atoms with Crippen molar-refractivity contribution in [2.45, 2.75) is 38.2 Å². The number of nitrogens with one attached hydrogen (secondary N) is 1. The monoisotopic (exact) mass is 300 g/mol. The number of benzene rings is 1. The molecule has 0 radical (unpaired) electrons. The number of aryl methyl sites for hydroxylation is 1. The minimum absolute atomic E-state index is 0.633. The number of aromatic amines is 1. The molecule has 1 aromatic carbocycles. The van der Waals surface area contributed by atoms with Gasteiger partial charge in [0, 0.05) is 13.1 Å². The van der Waals surface area contributed by atoms with Crippen LogP contribution in [0.1, 0.15) is 36.6 Å². The molecule has 22 heavy (non-hydrogen) atoms. The van der Waals surface area contributed by atoms with Crippen molar-refractivity contribution in [3.8, 4) is 0 Å². The molecule has 1 saturated heterocycles. The molecule has 0 spiro atoms. The van der Waals surface area contributed by atoms with E-state index in [2.05, 4.69) is 51.5 Å². The Hall–Kier alpha value is -1.72. The van der Waals surface area contributed by atoms with E-state index in [4.69, 9.17) is 0 Å². The smallest absolute Gasteiger partial charge is 0.123 e. The molecule has 1 aliphatic rings. The van der Waals surface area contributed by atoms with Crippen molar-refractivity contribution in [1.82, 2.24) is 20.3 Å². The number of hydrogen-bond acceptors (Lipinski definition) is 4. The third-order valence-corrected chi connectivity index (χ3v) is 4.64. The molecule has 1 fully saturated rings. The molecule has 5 nitrogen and oxygen atoms in total. The summed E-state index contributed by atoms with van der Waals surface area (Å²) in [4.78, 5) is 2.34. The van der Waals surface area contributed by atoms with E-state index in [1.165, 1.54) is 11.1 Å². The first-order chi connectivity index (χ1) is 10.7. The van der Waals surface area contributed by atoms with Crippen molar-refractivity contribution in [3.63, 3.8) is 0 Å². The highest BCUT2D eigenvalue weighted by Crippen LogP contribution is 2.29. The van der Waals surface area contributed by atoms with E-state index < -0.39 is 5.60 Å². The lowest BCUT2D eigenvalue weighted by Crippen LogP contribution is -2.47. The van der Waals surface area contributed by atoms with Gasteiger partial charge < -0.3 is 5.11 Å². The second-order valence-electron chi connectivity index (χ2n) is 6.14. The first-order valence-corrected chi connectivity index (χ1v) is 8.09. The number of piperidine rings is 1. The normalized spacial score (nSPS) is 22.8. The molecule has 1 aliphatic heterocycles. The molecule has 1 atom stereocenters. The largest absolute Gasteiger partial charge is 0.382 e. The minimum Gasteiger partial charge on any atom is -0.382 e. The molecule has 0 amide bonds. The molecule has 5 heteroatoms. The van der Waals surface area contributed by atoms with E-state index in [1.54, 1.807) is 6.20 Å². The van der Waals surface area contributed by atoms with E-state index in [-0.39, 0.29) is 0 Å². The number of likely N-dealkylation sites (tertiary alicyclic amines) is 1. The third-order valence-electron chi connectivity index (χ3n) is 4.64. The fraction of sp³-hybridized carbons (Fsp3) is 0.529. The molecule has 0 bridgehead atoms. The zero-order valence-electron chi connectivity index (χ0n) is 13.1. The molecule has 0 saturated carbocycles. The number of aromatic nitrogens is 3. The highest BCUT2D eigenvalue weighted by atomic mass is 16.3. The van der Waals surface area contributed by atoms with Crippen LogP contribution in [0.3, 0.4) is 0 Å². The Labute approximate surface area is 131 Å². The summed E-state index contributed by atoms with van der Waals surface area (Å²) < 4.78 is 0. The van der Waals surface area contributed by atoms with Crippen molar-refractivity contribution in [2.75, 3.05) is 19.6 Å². The van der Waals surface area contributed by atoms with Gasteiger partial charge in [0.05, 0.1) is 6.20 Å². The number of nitrogens with zero attached hydrogens (tertiary/aromatic N) is 3. The SMILES string of the molecule is CCc1ccccc1CCN1CCC[C@](O)(c2cn[nH]n2)C1. The maximum absolute atomic E-state index is 10.8. The van der Waals surface area contributed by atoms with E-state index in [9.17, 15) is 5.11 Å². The van der Waals surface area contributed by atoms with Crippen LogP contribution in [0.15, 0.2) is 30.5 Å². The highest BCUT2D eigenvalue weighted by Gasteiger charge is 2.36. The van der Waals surface area contributed by atoms with Crippen LogP contribution >= 0.6 is 0 Å². The Morgan fingerprint density at radius 1 is 1.32 bits per heavy atom. The van der Waals surface area contributed by atoms with Crippen molar-refractivity contribution in [3.05, 3.63) is 47.3 Å². The van der Waals surface area contributed by atoms with E-state index in [0.717, 1.165) is 38.8 Å². The lowest BCUT2D eigenvalue weighted by atomic mass is 9.89. The molecule has 0 aliphatic carbocycles. The molecule has 1 aromatic heterocycles. The lowest BCUT2D eigenvalue weighted by molar-refractivity contribution is -0.0385. The quantitative estimate of drug-likeness (QED) is 0.885. The summed E-state index contributed by atoms with van der Waals surface area (Å²) in [7, 11) is 0. The first-order valence-electron chi connectivity index (χ1n) is 8.09. The van der Waals surface area contributed by atoms with Crippen LogP contribution in [0.5, 0.6) is 0 Å². The van der Waals surface area contributed by atoms with Gasteiger partial charge in [0.1, 0.15) is 11.3 Å². The summed E-state index contributed by atoms with van der Waals surface area (Å²) in [6, 6.07) is 8.63. The van der Waals surface area contributed by atoms with Gasteiger partial charge in [0.2, 0.25) is 0 Å². The Kier molecular flexibility index (Phi) is 4.55. The number of aliphatic hydroxyl groups is 1. The van der Waals surface area contributed by atoms with Crippen LogP contribution < -0.4 is 0 Å². The van der Waals surface area contributed by atoms with Crippen LogP contribution in [0.25, 0.3) is 0 Å². The maximum atomic E-state index is 10.8. The molecular formula is C17H24N4O. The predicted octanol–water partition coefficient (Wildman–Crippen LogP) is 1.89. The molecule has 0 unspecified atom stereocenters. The van der Waals surface area contributed by atoms with Crippen LogP contribution in [0.4, 0.5) is 0 Å². The minimum atomic E-state index is -0.866. The van der Waals surface area contributed by atoms with Crippen LogP contribution in [0, 0.1) is 0 Å². The highest BCUT2D eigenvalue weighted by molar-refractivity contribution is 5.27. The first kappa shape index (κ1) is 15.2. The summed E-state index contributed by atoms with van der Waals surface area (Å²) in [5.41, 5.74) is 2.63.